The van der Waals surface area contributed by atoms with E-state index in [-0.39, 0.29) is 11.1 Å². The fourth-order valence-electron chi connectivity index (χ4n) is 1.71. The van der Waals surface area contributed by atoms with Gasteiger partial charge in [0.1, 0.15) is 16.8 Å². The summed E-state index contributed by atoms with van der Waals surface area (Å²) < 4.78 is 11.2. The second kappa shape index (κ2) is 11.7. The molecule has 0 heterocycles. The largest absolute Gasteiger partial charge is 0.490 e. The minimum absolute atomic E-state index is 0.132. The molecule has 0 aromatic heterocycles. The summed E-state index contributed by atoms with van der Waals surface area (Å²) >= 11 is 23.3. The highest BCUT2D eigenvalue weighted by Crippen LogP contribution is 2.37. The zero-order valence-electron chi connectivity index (χ0n) is 12.3. The number of oxime groups is 1. The average molecular weight is 401 g/mol. The molecule has 0 amide bonds. The molecule has 0 aliphatic heterocycles. The van der Waals surface area contributed by atoms with Crippen LogP contribution in [0.3, 0.4) is 0 Å². The van der Waals surface area contributed by atoms with E-state index in [1.54, 1.807) is 12.1 Å². The van der Waals surface area contributed by atoms with E-state index in [0.29, 0.717) is 28.2 Å². The Bertz CT molecular complexity index is 523. The van der Waals surface area contributed by atoms with Crippen molar-refractivity contribution >= 4 is 52.6 Å². The van der Waals surface area contributed by atoms with Gasteiger partial charge in [0.2, 0.25) is 0 Å². The second-order valence-corrected chi connectivity index (χ2v) is 6.34. The third kappa shape index (κ3) is 8.56. The first-order valence-electron chi connectivity index (χ1n) is 6.96. The highest BCUT2D eigenvalue weighted by atomic mass is 35.5. The Labute approximate surface area is 155 Å². The average Bonchev–Trinajstić information content (AvgIpc) is 2.48. The van der Waals surface area contributed by atoms with E-state index in [2.05, 4.69) is 5.16 Å². The molecule has 0 atom stereocenters. The molecule has 8 heteroatoms. The van der Waals surface area contributed by atoms with Gasteiger partial charge in [0.15, 0.2) is 5.75 Å². The first-order chi connectivity index (χ1) is 11.0. The van der Waals surface area contributed by atoms with Gasteiger partial charge in [-0.2, -0.15) is 0 Å². The molecule has 0 aliphatic carbocycles. The Morgan fingerprint density at radius 3 is 2.39 bits per heavy atom. The van der Waals surface area contributed by atoms with Crippen LogP contribution in [0.5, 0.6) is 11.5 Å². The van der Waals surface area contributed by atoms with E-state index in [9.17, 15) is 0 Å². The predicted molar refractivity (Wildman–Crippen MR) is 96.0 cm³/mol. The number of hydrogen-bond donors (Lipinski definition) is 1. The highest BCUT2D eigenvalue weighted by Gasteiger charge is 2.10. The van der Waals surface area contributed by atoms with Crippen LogP contribution in [0.15, 0.2) is 27.9 Å². The van der Waals surface area contributed by atoms with E-state index in [0.717, 1.165) is 25.7 Å². The lowest BCUT2D eigenvalue weighted by atomic mass is 10.2. The molecular weight excluding hydrogens is 384 g/mol. The van der Waals surface area contributed by atoms with Gasteiger partial charge in [-0.15, -0.1) is 5.16 Å². The van der Waals surface area contributed by atoms with Crippen LogP contribution in [0.1, 0.15) is 25.7 Å². The molecule has 0 bridgehead atoms. The van der Waals surface area contributed by atoms with Gasteiger partial charge in [-0.3, -0.25) is 0 Å². The van der Waals surface area contributed by atoms with Crippen molar-refractivity contribution in [3.8, 4) is 11.5 Å². The van der Waals surface area contributed by atoms with Crippen molar-refractivity contribution in [2.45, 2.75) is 25.7 Å². The Balaban J connectivity index is 2.45. The number of halogens is 4. The standard InChI is InChI=1S/C15H17Cl4NO3/c16-12-9-11(22-8-5-14(18)19)10-13(17)15(12)23-7-4-2-1-3-6-20-21/h5-6,9-10,21H,1-4,7-8H2. The Kier molecular flexibility index (Phi) is 10.3. The summed E-state index contributed by atoms with van der Waals surface area (Å²) in [5.41, 5.74) is 0. The molecule has 0 saturated heterocycles. The Hall–Kier alpha value is -0.810. The Morgan fingerprint density at radius 2 is 1.78 bits per heavy atom. The van der Waals surface area contributed by atoms with Gasteiger partial charge in [-0.25, -0.2) is 0 Å². The second-order valence-electron chi connectivity index (χ2n) is 4.52. The summed E-state index contributed by atoms with van der Waals surface area (Å²) in [5, 5.41) is 12.0. The predicted octanol–water partition coefficient (Wildman–Crippen LogP) is 6.09. The van der Waals surface area contributed by atoms with Gasteiger partial charge in [0.05, 0.1) is 16.7 Å². The molecular formula is C15H17Cl4NO3. The van der Waals surface area contributed by atoms with Crippen molar-refractivity contribution in [2.75, 3.05) is 13.2 Å². The first-order valence-corrected chi connectivity index (χ1v) is 8.47. The minimum Gasteiger partial charge on any atom is -0.490 e. The minimum atomic E-state index is 0.132. The molecule has 1 N–H and O–H groups in total. The summed E-state index contributed by atoms with van der Waals surface area (Å²) in [6.07, 6.45) is 6.46. The van der Waals surface area contributed by atoms with Crippen LogP contribution < -0.4 is 9.47 Å². The van der Waals surface area contributed by atoms with Crippen molar-refractivity contribution in [3.63, 3.8) is 0 Å². The molecule has 1 aromatic carbocycles. The van der Waals surface area contributed by atoms with Gasteiger partial charge in [0, 0.05) is 18.3 Å². The third-order valence-electron chi connectivity index (χ3n) is 2.77. The lowest BCUT2D eigenvalue weighted by Crippen LogP contribution is -2.00. The molecule has 0 radical (unpaired) electrons. The third-order valence-corrected chi connectivity index (χ3v) is 3.64. The van der Waals surface area contributed by atoms with Gasteiger partial charge >= 0.3 is 0 Å². The van der Waals surface area contributed by atoms with E-state index in [4.69, 9.17) is 61.1 Å². The molecule has 23 heavy (non-hydrogen) atoms. The van der Waals surface area contributed by atoms with Crippen molar-refractivity contribution in [1.29, 1.82) is 0 Å². The quantitative estimate of drug-likeness (QED) is 0.223. The molecule has 0 saturated carbocycles. The van der Waals surface area contributed by atoms with Gasteiger partial charge in [-0.05, 0) is 31.8 Å². The summed E-state index contributed by atoms with van der Waals surface area (Å²) in [4.78, 5) is 0. The van der Waals surface area contributed by atoms with Crippen LogP contribution in [-0.2, 0) is 0 Å². The smallest absolute Gasteiger partial charge is 0.156 e. The normalized spacial score (nSPS) is 10.8. The fraction of sp³-hybridized carbons (Fsp3) is 0.400. The van der Waals surface area contributed by atoms with Crippen LogP contribution in [0.4, 0.5) is 0 Å². The number of nitrogens with zero attached hydrogens (tertiary/aromatic N) is 1. The van der Waals surface area contributed by atoms with Gasteiger partial charge < -0.3 is 14.7 Å². The molecule has 1 rings (SSSR count). The zero-order chi connectivity index (χ0) is 17.1. The fourth-order valence-corrected chi connectivity index (χ4v) is 2.41. The lowest BCUT2D eigenvalue weighted by molar-refractivity contribution is 0.304. The van der Waals surface area contributed by atoms with E-state index >= 15 is 0 Å². The summed E-state index contributed by atoms with van der Waals surface area (Å²) in [5.74, 6) is 0.935. The number of rotatable bonds is 10. The van der Waals surface area contributed by atoms with Crippen molar-refractivity contribution < 1.29 is 14.7 Å². The van der Waals surface area contributed by atoms with E-state index in [1.807, 2.05) is 0 Å². The summed E-state index contributed by atoms with van der Waals surface area (Å²) in [6.45, 7) is 0.715. The summed E-state index contributed by atoms with van der Waals surface area (Å²) in [6, 6.07) is 3.24. The number of unbranched alkanes of at least 4 members (excludes halogenated alkanes) is 3. The van der Waals surface area contributed by atoms with E-state index in [1.165, 1.54) is 12.3 Å². The molecule has 0 spiro atoms. The van der Waals surface area contributed by atoms with Crippen LogP contribution in [0, 0.1) is 0 Å². The highest BCUT2D eigenvalue weighted by molar-refractivity contribution is 6.55. The van der Waals surface area contributed by atoms with E-state index < -0.39 is 0 Å². The van der Waals surface area contributed by atoms with Crippen LogP contribution in [0.25, 0.3) is 0 Å². The molecule has 128 valence electrons. The maximum atomic E-state index is 8.27. The zero-order valence-corrected chi connectivity index (χ0v) is 15.3. The molecule has 0 fully saturated rings. The molecule has 4 nitrogen and oxygen atoms in total. The van der Waals surface area contributed by atoms with Crippen LogP contribution >= 0.6 is 46.4 Å². The molecule has 1 aromatic rings. The maximum Gasteiger partial charge on any atom is 0.156 e. The van der Waals surface area contributed by atoms with Gasteiger partial charge in [0.25, 0.3) is 0 Å². The first kappa shape index (κ1) is 20.2. The molecule has 0 unspecified atom stereocenters. The number of hydrogen-bond acceptors (Lipinski definition) is 4. The number of benzene rings is 1. The van der Waals surface area contributed by atoms with Crippen LogP contribution in [0.2, 0.25) is 10.0 Å². The Morgan fingerprint density at radius 1 is 1.09 bits per heavy atom. The monoisotopic (exact) mass is 399 g/mol. The number of ether oxygens (including phenoxy) is 2. The van der Waals surface area contributed by atoms with Gasteiger partial charge in [-0.1, -0.05) is 46.4 Å². The van der Waals surface area contributed by atoms with Crippen LogP contribution in [-0.4, -0.2) is 24.6 Å². The van der Waals surface area contributed by atoms with Crippen molar-refractivity contribution in [1.82, 2.24) is 0 Å². The van der Waals surface area contributed by atoms with Crippen molar-refractivity contribution in [3.05, 3.63) is 32.7 Å². The van der Waals surface area contributed by atoms with Crippen molar-refractivity contribution in [2.24, 2.45) is 5.16 Å². The SMILES string of the molecule is ON=CCCCCCOc1c(Cl)cc(OCC=C(Cl)Cl)cc1Cl. The lowest BCUT2D eigenvalue weighted by Gasteiger charge is -2.12. The maximum absolute atomic E-state index is 8.27. The summed E-state index contributed by atoms with van der Waals surface area (Å²) in [7, 11) is 0. The molecule has 0 aliphatic rings. The topological polar surface area (TPSA) is 51.1 Å².